The average molecular weight is 323 g/mol. The maximum Gasteiger partial charge on any atom is 0.200 e. The number of rotatable bonds is 3. The number of hydrogen-bond donors (Lipinski definition) is 1. The normalized spacial score (nSPS) is 12.0. The monoisotopic (exact) mass is 322 g/mol. The average Bonchev–Trinajstić information content (AvgIpc) is 3.02. The molecule has 108 valence electrons. The van der Waals surface area contributed by atoms with E-state index < -0.39 is 4.33 Å². The van der Waals surface area contributed by atoms with E-state index in [1.165, 1.54) is 6.92 Å². The van der Waals surface area contributed by atoms with Crippen molar-refractivity contribution < 1.29 is 4.79 Å². The summed E-state index contributed by atoms with van der Waals surface area (Å²) < 4.78 is 0.233. The van der Waals surface area contributed by atoms with Crippen LogP contribution in [-0.2, 0) is 7.05 Å². The lowest BCUT2D eigenvalue weighted by atomic mass is 10.1. The van der Waals surface area contributed by atoms with Crippen molar-refractivity contribution in [3.63, 3.8) is 0 Å². The van der Waals surface area contributed by atoms with Crippen molar-refractivity contribution in [3.05, 3.63) is 36.4 Å². The number of aromatic amines is 1. The van der Waals surface area contributed by atoms with Crippen LogP contribution in [0.5, 0.6) is 0 Å². The maximum absolute atomic E-state index is 12.3. The standard InChI is InChI=1S/C14H12Cl2N4O/c1-14(15,16)12(21)11-6-18-13-10(11)3-8(4-17-13)9-5-19-20(2)7-9/h3-7H,1-2H3,(H,17,18). The van der Waals surface area contributed by atoms with Crippen LogP contribution in [0.2, 0.25) is 0 Å². The zero-order valence-electron chi connectivity index (χ0n) is 11.4. The van der Waals surface area contributed by atoms with Gasteiger partial charge >= 0.3 is 0 Å². The van der Waals surface area contributed by atoms with Crippen LogP contribution < -0.4 is 0 Å². The Bertz CT molecular complexity index is 829. The second kappa shape index (κ2) is 4.86. The van der Waals surface area contributed by atoms with Gasteiger partial charge in [0.25, 0.3) is 0 Å². The highest BCUT2D eigenvalue weighted by atomic mass is 35.5. The number of pyridine rings is 1. The van der Waals surface area contributed by atoms with Gasteiger partial charge in [-0.1, -0.05) is 23.2 Å². The number of aromatic nitrogens is 4. The molecule has 0 saturated heterocycles. The predicted molar refractivity (Wildman–Crippen MR) is 82.7 cm³/mol. The third kappa shape index (κ3) is 2.54. The molecule has 0 aliphatic rings. The number of alkyl halides is 2. The highest BCUT2D eigenvalue weighted by Crippen LogP contribution is 2.30. The van der Waals surface area contributed by atoms with Crippen LogP contribution in [0.4, 0.5) is 0 Å². The first-order valence-electron chi connectivity index (χ1n) is 6.25. The van der Waals surface area contributed by atoms with E-state index in [4.69, 9.17) is 23.2 Å². The Kier molecular flexibility index (Phi) is 3.26. The van der Waals surface area contributed by atoms with Gasteiger partial charge in [0.1, 0.15) is 5.65 Å². The fourth-order valence-corrected chi connectivity index (χ4v) is 2.36. The van der Waals surface area contributed by atoms with Crippen LogP contribution in [0.15, 0.2) is 30.9 Å². The Labute approximate surface area is 130 Å². The number of fused-ring (bicyclic) bond motifs is 1. The number of ketones is 1. The van der Waals surface area contributed by atoms with Crippen LogP contribution in [0, 0.1) is 0 Å². The summed E-state index contributed by atoms with van der Waals surface area (Å²) >= 11 is 11.8. The molecule has 5 nitrogen and oxygen atoms in total. The van der Waals surface area contributed by atoms with Crippen molar-refractivity contribution in [1.29, 1.82) is 0 Å². The lowest BCUT2D eigenvalue weighted by molar-refractivity contribution is 0.0980. The fourth-order valence-electron chi connectivity index (χ4n) is 2.16. The van der Waals surface area contributed by atoms with Gasteiger partial charge in [0.15, 0.2) is 4.33 Å². The highest BCUT2D eigenvalue weighted by Gasteiger charge is 2.30. The summed E-state index contributed by atoms with van der Waals surface area (Å²) in [5.41, 5.74) is 2.83. The molecule has 0 atom stereocenters. The fraction of sp³-hybridized carbons (Fsp3) is 0.214. The first-order chi connectivity index (χ1) is 9.86. The molecule has 0 fully saturated rings. The molecule has 0 amide bonds. The molecular formula is C14H12Cl2N4O. The van der Waals surface area contributed by atoms with Crippen LogP contribution in [0.3, 0.4) is 0 Å². The Morgan fingerprint density at radius 2 is 2.10 bits per heavy atom. The van der Waals surface area contributed by atoms with E-state index in [0.29, 0.717) is 16.6 Å². The van der Waals surface area contributed by atoms with E-state index in [9.17, 15) is 4.79 Å². The molecule has 3 heterocycles. The molecule has 0 aromatic carbocycles. The topological polar surface area (TPSA) is 63.6 Å². The number of carbonyl (C=O) groups is 1. The van der Waals surface area contributed by atoms with Gasteiger partial charge in [0.2, 0.25) is 5.78 Å². The summed E-state index contributed by atoms with van der Waals surface area (Å²) in [5.74, 6) is -0.359. The van der Waals surface area contributed by atoms with E-state index in [1.807, 2.05) is 19.3 Å². The molecule has 0 radical (unpaired) electrons. The second-order valence-corrected chi connectivity index (χ2v) is 6.65. The lowest BCUT2D eigenvalue weighted by Gasteiger charge is -2.10. The van der Waals surface area contributed by atoms with Crippen LogP contribution in [0.25, 0.3) is 22.2 Å². The summed E-state index contributed by atoms with van der Waals surface area (Å²) in [6, 6.07) is 1.88. The second-order valence-electron chi connectivity index (χ2n) is 4.94. The summed E-state index contributed by atoms with van der Waals surface area (Å²) in [4.78, 5) is 19.5. The third-order valence-corrected chi connectivity index (χ3v) is 3.56. The van der Waals surface area contributed by atoms with Crippen molar-refractivity contribution >= 4 is 40.0 Å². The summed E-state index contributed by atoms with van der Waals surface area (Å²) in [5, 5.41) is 4.82. The zero-order chi connectivity index (χ0) is 15.2. The van der Waals surface area contributed by atoms with Gasteiger partial charge in [0.05, 0.1) is 6.20 Å². The maximum atomic E-state index is 12.3. The Morgan fingerprint density at radius 1 is 1.33 bits per heavy atom. The molecule has 3 aromatic heterocycles. The van der Waals surface area contributed by atoms with Gasteiger partial charge in [-0.25, -0.2) is 4.98 Å². The number of aryl methyl sites for hydroxylation is 1. The molecule has 3 rings (SSSR count). The number of halogens is 2. The summed E-state index contributed by atoms with van der Waals surface area (Å²) in [6.07, 6.45) is 6.93. The molecule has 7 heteroatoms. The number of nitrogens with one attached hydrogen (secondary N) is 1. The quantitative estimate of drug-likeness (QED) is 0.594. The number of Topliss-reactive ketones (excluding diaryl/α,β-unsaturated/α-hetero) is 1. The summed E-state index contributed by atoms with van der Waals surface area (Å²) in [6.45, 7) is 1.45. The molecule has 0 aliphatic heterocycles. The number of carbonyl (C=O) groups excluding carboxylic acids is 1. The largest absolute Gasteiger partial charge is 0.345 e. The Hall–Kier alpha value is -1.85. The molecule has 21 heavy (non-hydrogen) atoms. The zero-order valence-corrected chi connectivity index (χ0v) is 12.9. The summed E-state index contributed by atoms with van der Waals surface area (Å²) in [7, 11) is 1.84. The minimum Gasteiger partial charge on any atom is -0.345 e. The molecule has 0 spiro atoms. The van der Waals surface area contributed by atoms with Crippen molar-refractivity contribution in [2.24, 2.45) is 7.05 Å². The van der Waals surface area contributed by atoms with E-state index in [0.717, 1.165) is 11.1 Å². The molecule has 0 aliphatic carbocycles. The SMILES string of the molecule is Cn1cc(-c2cnc3[nH]cc(C(=O)C(C)(Cl)Cl)c3c2)cn1. The molecular weight excluding hydrogens is 311 g/mol. The van der Waals surface area contributed by atoms with Crippen LogP contribution in [0.1, 0.15) is 17.3 Å². The minimum atomic E-state index is -1.47. The van der Waals surface area contributed by atoms with Gasteiger partial charge in [-0.15, -0.1) is 0 Å². The molecule has 3 aromatic rings. The van der Waals surface area contributed by atoms with Crippen molar-refractivity contribution in [2.45, 2.75) is 11.3 Å². The smallest absolute Gasteiger partial charge is 0.200 e. The molecule has 0 saturated carbocycles. The van der Waals surface area contributed by atoms with E-state index in [-0.39, 0.29) is 5.78 Å². The Balaban J connectivity index is 2.14. The van der Waals surface area contributed by atoms with Crippen LogP contribution in [-0.4, -0.2) is 29.9 Å². The first-order valence-corrected chi connectivity index (χ1v) is 7.00. The van der Waals surface area contributed by atoms with E-state index >= 15 is 0 Å². The van der Waals surface area contributed by atoms with Crippen molar-refractivity contribution in [2.75, 3.05) is 0 Å². The van der Waals surface area contributed by atoms with Crippen LogP contribution >= 0.6 is 23.2 Å². The van der Waals surface area contributed by atoms with Crippen molar-refractivity contribution in [3.8, 4) is 11.1 Å². The number of H-pyrrole nitrogens is 1. The molecule has 1 N–H and O–H groups in total. The van der Waals surface area contributed by atoms with Gasteiger partial charge in [0, 0.05) is 47.7 Å². The number of hydrogen-bond acceptors (Lipinski definition) is 3. The van der Waals surface area contributed by atoms with E-state index in [1.54, 1.807) is 23.3 Å². The Morgan fingerprint density at radius 3 is 2.71 bits per heavy atom. The predicted octanol–water partition coefficient (Wildman–Crippen LogP) is 3.34. The van der Waals surface area contributed by atoms with Crippen molar-refractivity contribution in [1.82, 2.24) is 19.7 Å². The van der Waals surface area contributed by atoms with Gasteiger partial charge in [-0.3, -0.25) is 9.48 Å². The molecule has 0 unspecified atom stereocenters. The first kappa shape index (κ1) is 14.1. The highest BCUT2D eigenvalue weighted by molar-refractivity contribution is 6.60. The van der Waals surface area contributed by atoms with Gasteiger partial charge in [-0.05, 0) is 13.0 Å². The van der Waals surface area contributed by atoms with Gasteiger partial charge < -0.3 is 4.98 Å². The lowest BCUT2D eigenvalue weighted by Crippen LogP contribution is -2.21. The minimum absolute atomic E-state index is 0.359. The molecule has 0 bridgehead atoms. The van der Waals surface area contributed by atoms with Gasteiger partial charge in [-0.2, -0.15) is 5.10 Å². The van der Waals surface area contributed by atoms with E-state index in [2.05, 4.69) is 15.1 Å². The number of nitrogens with zero attached hydrogens (tertiary/aromatic N) is 3. The third-order valence-electron chi connectivity index (χ3n) is 3.21.